The van der Waals surface area contributed by atoms with Gasteiger partial charge in [-0.25, -0.2) is 0 Å². The van der Waals surface area contributed by atoms with E-state index in [2.05, 4.69) is 6.92 Å². The van der Waals surface area contributed by atoms with E-state index in [9.17, 15) is 9.90 Å². The number of piperidine rings is 1. The molecule has 21 heavy (non-hydrogen) atoms. The van der Waals surface area contributed by atoms with Gasteiger partial charge >= 0.3 is 0 Å². The molecule has 0 saturated carbocycles. The maximum Gasteiger partial charge on any atom is 0.222 e. The van der Waals surface area contributed by atoms with Crippen LogP contribution < -0.4 is 0 Å². The summed E-state index contributed by atoms with van der Waals surface area (Å²) in [4.78, 5) is 14.2. The number of aryl methyl sites for hydroxylation is 1. The molecule has 1 amide bonds. The zero-order chi connectivity index (χ0) is 15.3. The van der Waals surface area contributed by atoms with E-state index >= 15 is 0 Å². The first-order valence-corrected chi connectivity index (χ1v) is 8.10. The van der Waals surface area contributed by atoms with Crippen molar-refractivity contribution < 1.29 is 9.90 Å². The van der Waals surface area contributed by atoms with Crippen LogP contribution in [0.4, 0.5) is 0 Å². The van der Waals surface area contributed by atoms with E-state index in [-0.39, 0.29) is 17.9 Å². The van der Waals surface area contributed by atoms with Crippen molar-refractivity contribution in [1.82, 2.24) is 4.90 Å². The number of aliphatic hydroxyl groups excluding tert-OH is 1. The molecule has 0 atom stereocenters. The predicted octanol–water partition coefficient (Wildman–Crippen LogP) is 3.28. The Labute approximate surface area is 131 Å². The van der Waals surface area contributed by atoms with Gasteiger partial charge in [-0.05, 0) is 42.7 Å². The molecule has 0 bridgehead atoms. The second-order valence-corrected chi connectivity index (χ2v) is 6.39. The van der Waals surface area contributed by atoms with Crippen LogP contribution >= 0.6 is 11.6 Å². The zero-order valence-corrected chi connectivity index (χ0v) is 13.4. The number of benzene rings is 1. The normalized spacial score (nSPS) is 17.8. The Morgan fingerprint density at radius 3 is 2.57 bits per heavy atom. The van der Waals surface area contributed by atoms with Crippen LogP contribution in [0, 0.1) is 5.41 Å². The van der Waals surface area contributed by atoms with Crippen molar-refractivity contribution in [1.29, 1.82) is 0 Å². The third-order valence-corrected chi connectivity index (χ3v) is 5.20. The summed E-state index contributed by atoms with van der Waals surface area (Å²) in [5, 5.41) is 10.3. The molecule has 3 nitrogen and oxygen atoms in total. The third-order valence-electron chi connectivity index (χ3n) is 4.83. The number of carbonyl (C=O) groups is 1. The van der Waals surface area contributed by atoms with Crippen molar-refractivity contribution in [3.05, 3.63) is 34.9 Å². The summed E-state index contributed by atoms with van der Waals surface area (Å²) in [5.41, 5.74) is 1.06. The van der Waals surface area contributed by atoms with E-state index in [0.29, 0.717) is 12.8 Å². The fraction of sp³-hybridized carbons (Fsp3) is 0.588. The van der Waals surface area contributed by atoms with Crippen LogP contribution in [0.15, 0.2) is 24.3 Å². The lowest BCUT2D eigenvalue weighted by atomic mass is 9.77. The lowest BCUT2D eigenvalue weighted by Gasteiger charge is -2.40. The van der Waals surface area contributed by atoms with Crippen LogP contribution in [0.1, 0.15) is 38.2 Å². The Hall–Kier alpha value is -1.06. The summed E-state index contributed by atoms with van der Waals surface area (Å²) < 4.78 is 0. The summed E-state index contributed by atoms with van der Waals surface area (Å²) in [5.74, 6) is 0.192. The molecule has 1 fully saturated rings. The molecule has 4 heteroatoms. The predicted molar refractivity (Wildman–Crippen MR) is 85.4 cm³/mol. The smallest absolute Gasteiger partial charge is 0.222 e. The maximum atomic E-state index is 12.3. The summed E-state index contributed by atoms with van der Waals surface area (Å²) in [7, 11) is 0. The molecule has 1 aromatic carbocycles. The molecule has 1 heterocycles. The molecule has 116 valence electrons. The molecule has 1 N–H and O–H groups in total. The largest absolute Gasteiger partial charge is 0.396 e. The molecule has 1 saturated heterocycles. The first-order chi connectivity index (χ1) is 10.1. The van der Waals surface area contributed by atoms with Gasteiger partial charge in [0.1, 0.15) is 0 Å². The van der Waals surface area contributed by atoms with Crippen molar-refractivity contribution in [2.45, 2.75) is 39.0 Å². The molecule has 1 aliphatic rings. The average molecular weight is 310 g/mol. The number of nitrogens with zero attached hydrogens (tertiary/aromatic N) is 1. The van der Waals surface area contributed by atoms with Crippen molar-refractivity contribution >= 4 is 17.5 Å². The van der Waals surface area contributed by atoms with Gasteiger partial charge in [0.05, 0.1) is 0 Å². The highest BCUT2D eigenvalue weighted by Gasteiger charge is 2.33. The Morgan fingerprint density at radius 1 is 1.33 bits per heavy atom. The van der Waals surface area contributed by atoms with E-state index in [1.165, 1.54) is 0 Å². The van der Waals surface area contributed by atoms with Gasteiger partial charge in [-0.15, -0.1) is 0 Å². The van der Waals surface area contributed by atoms with Gasteiger partial charge in [0.25, 0.3) is 0 Å². The van der Waals surface area contributed by atoms with Gasteiger partial charge in [-0.1, -0.05) is 36.7 Å². The monoisotopic (exact) mass is 309 g/mol. The molecule has 0 aromatic heterocycles. The first kappa shape index (κ1) is 16.3. The molecule has 0 spiro atoms. The van der Waals surface area contributed by atoms with Crippen LogP contribution in [0.5, 0.6) is 0 Å². The number of carbonyl (C=O) groups excluding carboxylic acids is 1. The molecule has 1 aliphatic heterocycles. The van der Waals surface area contributed by atoms with Crippen LogP contribution in [0.3, 0.4) is 0 Å². The molecule has 0 radical (unpaired) electrons. The van der Waals surface area contributed by atoms with Crippen molar-refractivity contribution in [2.24, 2.45) is 5.41 Å². The standard InChI is InChI=1S/C17H24ClNO2/c1-2-17(13-20)9-11-19(12-10-17)16(21)8-7-14-5-3-4-6-15(14)18/h3-6,20H,2,7-13H2,1H3. The van der Waals surface area contributed by atoms with Gasteiger partial charge in [-0.3, -0.25) is 4.79 Å². The Bertz CT molecular complexity index is 475. The van der Waals surface area contributed by atoms with E-state index in [1.807, 2.05) is 29.2 Å². The minimum absolute atomic E-state index is 0.0273. The fourth-order valence-corrected chi connectivity index (χ4v) is 3.19. The van der Waals surface area contributed by atoms with Crippen LogP contribution in [-0.2, 0) is 11.2 Å². The lowest BCUT2D eigenvalue weighted by molar-refractivity contribution is -0.134. The lowest BCUT2D eigenvalue weighted by Crippen LogP contribution is -2.44. The Balaban J connectivity index is 1.84. The van der Waals surface area contributed by atoms with Gasteiger partial charge in [0.15, 0.2) is 0 Å². The maximum absolute atomic E-state index is 12.3. The van der Waals surface area contributed by atoms with Crippen LogP contribution in [0.2, 0.25) is 5.02 Å². The topological polar surface area (TPSA) is 40.5 Å². The average Bonchev–Trinajstić information content (AvgIpc) is 2.54. The van der Waals surface area contributed by atoms with E-state index in [0.717, 1.165) is 42.9 Å². The van der Waals surface area contributed by atoms with Gasteiger partial charge in [0, 0.05) is 31.1 Å². The highest BCUT2D eigenvalue weighted by molar-refractivity contribution is 6.31. The minimum atomic E-state index is 0.0273. The second-order valence-electron chi connectivity index (χ2n) is 5.98. The third kappa shape index (κ3) is 3.98. The van der Waals surface area contributed by atoms with E-state index in [1.54, 1.807) is 0 Å². The Kier molecular flexibility index (Phi) is 5.65. The van der Waals surface area contributed by atoms with Crippen molar-refractivity contribution in [2.75, 3.05) is 19.7 Å². The van der Waals surface area contributed by atoms with Crippen LogP contribution in [-0.4, -0.2) is 35.6 Å². The molecule has 2 rings (SSSR count). The van der Waals surface area contributed by atoms with E-state index < -0.39 is 0 Å². The van der Waals surface area contributed by atoms with E-state index in [4.69, 9.17) is 11.6 Å². The highest BCUT2D eigenvalue weighted by Crippen LogP contribution is 2.34. The number of rotatable bonds is 5. The quantitative estimate of drug-likeness (QED) is 0.906. The SMILES string of the molecule is CCC1(CO)CCN(C(=O)CCc2ccccc2Cl)CC1. The first-order valence-electron chi connectivity index (χ1n) is 7.72. The number of likely N-dealkylation sites (tertiary alicyclic amines) is 1. The van der Waals surface area contributed by atoms with Crippen molar-refractivity contribution in [3.8, 4) is 0 Å². The number of hydrogen-bond donors (Lipinski definition) is 1. The fourth-order valence-electron chi connectivity index (χ4n) is 2.95. The Morgan fingerprint density at radius 2 is 2.00 bits per heavy atom. The molecular weight excluding hydrogens is 286 g/mol. The summed E-state index contributed by atoms with van der Waals surface area (Å²) in [6.07, 6.45) is 3.97. The molecule has 1 aromatic rings. The van der Waals surface area contributed by atoms with Gasteiger partial charge < -0.3 is 10.0 Å². The number of aliphatic hydroxyl groups is 1. The summed E-state index contributed by atoms with van der Waals surface area (Å²) in [6, 6.07) is 7.68. The number of hydrogen-bond acceptors (Lipinski definition) is 2. The molecule has 0 aliphatic carbocycles. The summed E-state index contributed by atoms with van der Waals surface area (Å²) >= 11 is 6.12. The number of amides is 1. The highest BCUT2D eigenvalue weighted by atomic mass is 35.5. The van der Waals surface area contributed by atoms with Gasteiger partial charge in [-0.2, -0.15) is 0 Å². The van der Waals surface area contributed by atoms with Gasteiger partial charge in [0.2, 0.25) is 5.91 Å². The zero-order valence-electron chi connectivity index (χ0n) is 12.6. The van der Waals surface area contributed by atoms with Crippen LogP contribution in [0.25, 0.3) is 0 Å². The molecule has 0 unspecified atom stereocenters. The minimum Gasteiger partial charge on any atom is -0.396 e. The molecular formula is C17H24ClNO2. The second kappa shape index (κ2) is 7.28. The number of halogens is 1. The summed E-state index contributed by atoms with van der Waals surface area (Å²) in [6.45, 7) is 3.86. The van der Waals surface area contributed by atoms with Crippen molar-refractivity contribution in [3.63, 3.8) is 0 Å².